The third-order valence-corrected chi connectivity index (χ3v) is 3.00. The first kappa shape index (κ1) is 14.0. The topological polar surface area (TPSA) is 27.0 Å². The predicted octanol–water partition coefficient (Wildman–Crippen LogP) is 3.71. The molecule has 17 heavy (non-hydrogen) atoms. The molecule has 3 heteroatoms. The summed E-state index contributed by atoms with van der Waals surface area (Å²) in [5.41, 5.74) is 0.956. The van der Waals surface area contributed by atoms with E-state index in [0.29, 0.717) is 0 Å². The first-order valence-electron chi connectivity index (χ1n) is 5.77. The highest BCUT2D eigenvalue weighted by atomic mass is 35.5. The lowest BCUT2D eigenvalue weighted by Gasteiger charge is -2.21. The van der Waals surface area contributed by atoms with E-state index in [1.165, 1.54) is 5.56 Å². The van der Waals surface area contributed by atoms with Crippen LogP contribution in [0.5, 0.6) is 0 Å². The molecule has 0 amide bonds. The summed E-state index contributed by atoms with van der Waals surface area (Å²) in [7, 11) is 2.06. The van der Waals surface area contributed by atoms with Gasteiger partial charge in [0.25, 0.3) is 0 Å². The van der Waals surface area contributed by atoms with Gasteiger partial charge < -0.3 is 4.90 Å². The lowest BCUT2D eigenvalue weighted by molar-refractivity contribution is 0.280. The molecule has 1 aromatic carbocycles. The van der Waals surface area contributed by atoms with Gasteiger partial charge in [-0.1, -0.05) is 23.7 Å². The monoisotopic (exact) mass is 250 g/mol. The van der Waals surface area contributed by atoms with Crippen molar-refractivity contribution in [1.82, 2.24) is 4.90 Å². The summed E-state index contributed by atoms with van der Waals surface area (Å²) in [6.45, 7) is 5.72. The molecule has 0 radical (unpaired) electrons. The predicted molar refractivity (Wildman–Crippen MR) is 71.8 cm³/mol. The van der Waals surface area contributed by atoms with Crippen molar-refractivity contribution in [1.29, 1.82) is 5.26 Å². The molecule has 0 atom stereocenters. The number of rotatable bonds is 5. The van der Waals surface area contributed by atoms with Gasteiger partial charge in [0.2, 0.25) is 0 Å². The molecule has 0 fully saturated rings. The molecule has 0 aliphatic carbocycles. The van der Waals surface area contributed by atoms with Crippen LogP contribution in [-0.2, 0) is 6.54 Å². The lowest BCUT2D eigenvalue weighted by Crippen LogP contribution is -2.23. The fourth-order valence-electron chi connectivity index (χ4n) is 1.55. The maximum atomic E-state index is 8.95. The maximum Gasteiger partial charge on any atom is 0.0684 e. The van der Waals surface area contributed by atoms with Gasteiger partial charge in [0.1, 0.15) is 0 Å². The van der Waals surface area contributed by atoms with Gasteiger partial charge in [0, 0.05) is 11.6 Å². The van der Waals surface area contributed by atoms with Gasteiger partial charge in [0.05, 0.1) is 11.5 Å². The first-order chi connectivity index (χ1) is 7.93. The van der Waals surface area contributed by atoms with Crippen LogP contribution in [0.2, 0.25) is 5.02 Å². The van der Waals surface area contributed by atoms with Crippen molar-refractivity contribution in [2.24, 2.45) is 5.41 Å². The van der Waals surface area contributed by atoms with Crippen molar-refractivity contribution in [3.63, 3.8) is 0 Å². The molecular formula is C14H19ClN2. The van der Waals surface area contributed by atoms with Crippen LogP contribution < -0.4 is 0 Å². The molecular weight excluding hydrogens is 232 g/mol. The molecule has 1 aromatic rings. The van der Waals surface area contributed by atoms with E-state index in [4.69, 9.17) is 16.9 Å². The van der Waals surface area contributed by atoms with Gasteiger partial charge in [-0.3, -0.25) is 0 Å². The van der Waals surface area contributed by atoms with Crippen molar-refractivity contribution in [2.45, 2.75) is 26.8 Å². The molecule has 0 saturated carbocycles. The maximum absolute atomic E-state index is 8.95. The van der Waals surface area contributed by atoms with Gasteiger partial charge >= 0.3 is 0 Å². The summed E-state index contributed by atoms with van der Waals surface area (Å²) in [5.74, 6) is 0. The summed E-state index contributed by atoms with van der Waals surface area (Å²) < 4.78 is 0. The van der Waals surface area contributed by atoms with E-state index in [2.05, 4.69) is 24.1 Å². The van der Waals surface area contributed by atoms with Gasteiger partial charge in [-0.15, -0.1) is 0 Å². The molecule has 0 spiro atoms. The smallest absolute Gasteiger partial charge is 0.0684 e. The minimum absolute atomic E-state index is 0.247. The molecule has 2 nitrogen and oxygen atoms in total. The van der Waals surface area contributed by atoms with Crippen molar-refractivity contribution >= 4 is 11.6 Å². The van der Waals surface area contributed by atoms with Crippen molar-refractivity contribution in [3.8, 4) is 6.07 Å². The average Bonchev–Trinajstić information content (AvgIpc) is 2.27. The number of halogens is 1. The van der Waals surface area contributed by atoms with Crippen molar-refractivity contribution in [3.05, 3.63) is 34.9 Å². The minimum atomic E-state index is -0.247. The van der Waals surface area contributed by atoms with E-state index in [9.17, 15) is 0 Å². The standard InChI is InChI=1S/C14H19ClN2/c1-14(2,11-16)7-8-17(3)10-12-5-4-6-13(15)9-12/h4-6,9H,7-8,10H2,1-3H3. The normalized spacial score (nSPS) is 11.5. The third-order valence-electron chi connectivity index (χ3n) is 2.76. The quantitative estimate of drug-likeness (QED) is 0.797. The zero-order chi connectivity index (χ0) is 12.9. The van der Waals surface area contributed by atoms with Gasteiger partial charge in [-0.05, 0) is 51.6 Å². The highest BCUT2D eigenvalue weighted by Gasteiger charge is 2.16. The molecule has 0 aromatic heterocycles. The van der Waals surface area contributed by atoms with Crippen LogP contribution in [0.4, 0.5) is 0 Å². The van der Waals surface area contributed by atoms with E-state index in [0.717, 1.165) is 24.5 Å². The van der Waals surface area contributed by atoms with Crippen molar-refractivity contribution in [2.75, 3.05) is 13.6 Å². The van der Waals surface area contributed by atoms with Gasteiger partial charge in [0.15, 0.2) is 0 Å². The molecule has 0 N–H and O–H groups in total. The number of benzene rings is 1. The van der Waals surface area contributed by atoms with E-state index in [-0.39, 0.29) is 5.41 Å². The van der Waals surface area contributed by atoms with E-state index in [1.54, 1.807) is 0 Å². The van der Waals surface area contributed by atoms with Crippen molar-refractivity contribution < 1.29 is 0 Å². The summed E-state index contributed by atoms with van der Waals surface area (Å²) in [6, 6.07) is 10.2. The zero-order valence-electron chi connectivity index (χ0n) is 10.7. The Labute approximate surface area is 109 Å². The van der Waals surface area contributed by atoms with E-state index in [1.807, 2.05) is 32.0 Å². The van der Waals surface area contributed by atoms with Crippen LogP contribution in [0.3, 0.4) is 0 Å². The second-order valence-electron chi connectivity index (χ2n) is 5.11. The van der Waals surface area contributed by atoms with Crippen LogP contribution in [0, 0.1) is 16.7 Å². The summed E-state index contributed by atoms with van der Waals surface area (Å²) >= 11 is 5.94. The Morgan fingerprint density at radius 1 is 1.41 bits per heavy atom. The number of hydrogen-bond acceptors (Lipinski definition) is 2. The summed E-state index contributed by atoms with van der Waals surface area (Å²) in [6.07, 6.45) is 0.876. The number of nitrogens with zero attached hydrogens (tertiary/aromatic N) is 2. The Morgan fingerprint density at radius 3 is 2.71 bits per heavy atom. The molecule has 0 aliphatic rings. The molecule has 0 saturated heterocycles. The number of hydrogen-bond donors (Lipinski definition) is 0. The second-order valence-corrected chi connectivity index (χ2v) is 5.55. The fraction of sp³-hybridized carbons (Fsp3) is 0.500. The summed E-state index contributed by atoms with van der Waals surface area (Å²) in [4.78, 5) is 2.21. The number of nitriles is 1. The molecule has 0 bridgehead atoms. The Hall–Kier alpha value is -1.04. The van der Waals surface area contributed by atoms with Crippen LogP contribution in [0.25, 0.3) is 0 Å². The minimum Gasteiger partial charge on any atom is -0.302 e. The lowest BCUT2D eigenvalue weighted by atomic mass is 9.91. The zero-order valence-corrected chi connectivity index (χ0v) is 11.5. The van der Waals surface area contributed by atoms with Crippen LogP contribution in [0.15, 0.2) is 24.3 Å². The van der Waals surface area contributed by atoms with E-state index < -0.39 is 0 Å². The Balaban J connectivity index is 2.46. The highest BCUT2D eigenvalue weighted by molar-refractivity contribution is 6.30. The molecule has 0 aliphatic heterocycles. The highest BCUT2D eigenvalue weighted by Crippen LogP contribution is 2.19. The van der Waals surface area contributed by atoms with Gasteiger partial charge in [-0.25, -0.2) is 0 Å². The fourth-order valence-corrected chi connectivity index (χ4v) is 1.77. The third kappa shape index (κ3) is 5.21. The average molecular weight is 251 g/mol. The molecule has 1 rings (SSSR count). The van der Waals surface area contributed by atoms with Crippen LogP contribution in [0.1, 0.15) is 25.8 Å². The van der Waals surface area contributed by atoms with Crippen LogP contribution in [-0.4, -0.2) is 18.5 Å². The Morgan fingerprint density at radius 2 is 2.12 bits per heavy atom. The molecule has 0 heterocycles. The Bertz CT molecular complexity index is 407. The summed E-state index contributed by atoms with van der Waals surface area (Å²) in [5, 5.41) is 9.72. The SMILES string of the molecule is CN(CCC(C)(C)C#N)Cc1cccc(Cl)c1. The van der Waals surface area contributed by atoms with Crippen LogP contribution >= 0.6 is 11.6 Å². The Kier molecular flexibility index (Phi) is 4.99. The molecule has 92 valence electrons. The first-order valence-corrected chi connectivity index (χ1v) is 6.15. The van der Waals surface area contributed by atoms with Gasteiger partial charge in [-0.2, -0.15) is 5.26 Å². The largest absolute Gasteiger partial charge is 0.302 e. The molecule has 0 unspecified atom stereocenters. The second kappa shape index (κ2) is 6.05. The van der Waals surface area contributed by atoms with E-state index >= 15 is 0 Å².